The van der Waals surface area contributed by atoms with Crippen LogP contribution in [-0.2, 0) is 13.0 Å². The first-order valence-corrected chi connectivity index (χ1v) is 8.25. The summed E-state index contributed by atoms with van der Waals surface area (Å²) in [5.74, 6) is 0. The number of likely N-dealkylation sites (N-methyl/N-ethyl adjacent to an activating group) is 1. The Morgan fingerprint density at radius 1 is 1.30 bits per heavy atom. The van der Waals surface area contributed by atoms with E-state index in [0.717, 1.165) is 26.2 Å². The number of aryl methyl sites for hydroxylation is 2. The fraction of sp³-hybridized carbons (Fsp3) is 0.500. The highest BCUT2D eigenvalue weighted by molar-refractivity contribution is 9.10. The van der Waals surface area contributed by atoms with Gasteiger partial charge in [0.15, 0.2) is 0 Å². The van der Waals surface area contributed by atoms with Crippen molar-refractivity contribution in [3.8, 4) is 0 Å². The molecule has 1 aromatic heterocycles. The average Bonchev–Trinajstić information content (AvgIpc) is 2.79. The summed E-state index contributed by atoms with van der Waals surface area (Å²) in [7, 11) is 2.21. The van der Waals surface area contributed by atoms with Crippen molar-refractivity contribution in [2.24, 2.45) is 0 Å². The summed E-state index contributed by atoms with van der Waals surface area (Å²) in [6, 6.07) is 5.05. The summed E-state index contributed by atoms with van der Waals surface area (Å²) >= 11 is 3.69. The van der Waals surface area contributed by atoms with Gasteiger partial charge in [-0.25, -0.2) is 0 Å². The van der Waals surface area contributed by atoms with Crippen LogP contribution in [0.1, 0.15) is 23.6 Å². The van der Waals surface area contributed by atoms with Gasteiger partial charge < -0.3 is 14.8 Å². The van der Waals surface area contributed by atoms with Gasteiger partial charge in [-0.15, -0.1) is 0 Å². The third kappa shape index (κ3) is 2.01. The van der Waals surface area contributed by atoms with E-state index < -0.39 is 0 Å². The van der Waals surface area contributed by atoms with Crippen LogP contribution in [0.4, 0.5) is 0 Å². The Balaban J connectivity index is 1.88. The molecule has 1 N–H and O–H groups in total. The lowest BCUT2D eigenvalue weighted by Gasteiger charge is -2.30. The predicted molar refractivity (Wildman–Crippen MR) is 86.2 cm³/mol. The van der Waals surface area contributed by atoms with E-state index in [4.69, 9.17) is 0 Å². The van der Waals surface area contributed by atoms with E-state index in [1.54, 1.807) is 0 Å². The van der Waals surface area contributed by atoms with Gasteiger partial charge in [-0.2, -0.15) is 0 Å². The van der Waals surface area contributed by atoms with Crippen molar-refractivity contribution >= 4 is 26.8 Å². The van der Waals surface area contributed by atoms with Gasteiger partial charge >= 0.3 is 0 Å². The summed E-state index contributed by atoms with van der Waals surface area (Å²) in [5, 5.41) is 5.12. The molecule has 1 unspecified atom stereocenters. The van der Waals surface area contributed by atoms with Gasteiger partial charge in [0.25, 0.3) is 0 Å². The Morgan fingerprint density at radius 2 is 2.20 bits per heavy atom. The fourth-order valence-electron chi connectivity index (χ4n) is 3.71. The minimum absolute atomic E-state index is 0.456. The predicted octanol–water partition coefficient (Wildman–Crippen LogP) is 2.93. The maximum Gasteiger partial charge on any atom is 0.0517 e. The Morgan fingerprint density at radius 3 is 3.05 bits per heavy atom. The van der Waals surface area contributed by atoms with Gasteiger partial charge in [-0.3, -0.25) is 0 Å². The fourth-order valence-corrected chi connectivity index (χ4v) is 4.21. The molecule has 0 spiro atoms. The Hall–Kier alpha value is -0.840. The van der Waals surface area contributed by atoms with Crippen LogP contribution in [-0.4, -0.2) is 36.1 Å². The molecular weight excluding hydrogens is 314 g/mol. The van der Waals surface area contributed by atoms with Crippen molar-refractivity contribution in [2.45, 2.75) is 25.4 Å². The molecule has 106 valence electrons. The second-order valence-corrected chi connectivity index (χ2v) is 7.03. The van der Waals surface area contributed by atoms with Crippen molar-refractivity contribution < 1.29 is 0 Å². The summed E-state index contributed by atoms with van der Waals surface area (Å²) in [6.45, 7) is 4.48. The maximum absolute atomic E-state index is 3.69. The molecule has 0 amide bonds. The van der Waals surface area contributed by atoms with Crippen molar-refractivity contribution in [1.29, 1.82) is 0 Å². The number of piperazine rings is 1. The largest absolute Gasteiger partial charge is 0.347 e. The first-order valence-electron chi connectivity index (χ1n) is 7.45. The Bertz CT molecular complexity index is 661. The van der Waals surface area contributed by atoms with E-state index in [-0.39, 0.29) is 0 Å². The third-order valence-electron chi connectivity index (χ3n) is 4.65. The Labute approximate surface area is 128 Å². The van der Waals surface area contributed by atoms with E-state index in [2.05, 4.69) is 56.1 Å². The smallest absolute Gasteiger partial charge is 0.0517 e. The summed E-state index contributed by atoms with van der Waals surface area (Å²) < 4.78 is 3.68. The molecule has 2 aromatic rings. The SMILES string of the molecule is CN1CCNC(c2cn3c4c(cc(Br)cc24)CCC3)C1. The molecule has 0 saturated carbocycles. The minimum Gasteiger partial charge on any atom is -0.347 e. The maximum atomic E-state index is 3.69. The highest BCUT2D eigenvalue weighted by Crippen LogP contribution is 2.35. The molecule has 0 radical (unpaired) electrons. The van der Waals surface area contributed by atoms with Crippen LogP contribution in [0.5, 0.6) is 0 Å². The number of nitrogens with zero attached hydrogens (tertiary/aromatic N) is 2. The first-order chi connectivity index (χ1) is 9.72. The first kappa shape index (κ1) is 12.9. The van der Waals surface area contributed by atoms with Crippen LogP contribution in [0.15, 0.2) is 22.8 Å². The summed E-state index contributed by atoms with van der Waals surface area (Å²) in [4.78, 5) is 2.42. The zero-order valence-electron chi connectivity index (χ0n) is 11.8. The molecule has 3 heterocycles. The van der Waals surface area contributed by atoms with Crippen LogP contribution < -0.4 is 5.32 Å². The lowest BCUT2D eigenvalue weighted by Crippen LogP contribution is -2.43. The van der Waals surface area contributed by atoms with Gasteiger partial charge in [-0.1, -0.05) is 15.9 Å². The molecular formula is C16H20BrN3. The highest BCUT2D eigenvalue weighted by Gasteiger charge is 2.24. The minimum atomic E-state index is 0.456. The second-order valence-electron chi connectivity index (χ2n) is 6.11. The molecule has 1 aromatic carbocycles. The normalized spacial score (nSPS) is 23.4. The van der Waals surface area contributed by atoms with Crippen molar-refractivity contribution in [3.05, 3.63) is 33.9 Å². The van der Waals surface area contributed by atoms with Crippen LogP contribution in [0, 0.1) is 0 Å². The van der Waals surface area contributed by atoms with E-state index in [0.29, 0.717) is 6.04 Å². The number of benzene rings is 1. The number of hydrogen-bond donors (Lipinski definition) is 1. The average molecular weight is 334 g/mol. The van der Waals surface area contributed by atoms with E-state index in [1.807, 2.05) is 0 Å². The molecule has 2 aliphatic rings. The molecule has 2 aliphatic heterocycles. The molecule has 1 saturated heterocycles. The molecule has 20 heavy (non-hydrogen) atoms. The molecule has 0 aliphatic carbocycles. The van der Waals surface area contributed by atoms with Crippen LogP contribution in [0.25, 0.3) is 10.9 Å². The van der Waals surface area contributed by atoms with E-state index in [1.165, 1.54) is 39.3 Å². The van der Waals surface area contributed by atoms with Gasteiger partial charge in [0.2, 0.25) is 0 Å². The number of nitrogens with one attached hydrogen (secondary N) is 1. The van der Waals surface area contributed by atoms with Gasteiger partial charge in [0.05, 0.1) is 5.52 Å². The summed E-state index contributed by atoms with van der Waals surface area (Å²) in [5.41, 5.74) is 4.43. The lowest BCUT2D eigenvalue weighted by atomic mass is 9.99. The standard InChI is InChI=1S/C16H20BrN3/c1-19-6-4-18-15(10-19)14-9-20-5-2-3-11-7-12(17)8-13(14)16(11)20/h7-9,15,18H,2-6,10H2,1H3. The van der Waals surface area contributed by atoms with Gasteiger partial charge in [0.1, 0.15) is 0 Å². The monoisotopic (exact) mass is 333 g/mol. The van der Waals surface area contributed by atoms with Gasteiger partial charge in [-0.05, 0) is 43.1 Å². The second kappa shape index (κ2) is 4.86. The number of halogens is 1. The summed E-state index contributed by atoms with van der Waals surface area (Å²) in [6.07, 6.45) is 4.85. The quantitative estimate of drug-likeness (QED) is 0.865. The molecule has 4 rings (SSSR count). The zero-order valence-corrected chi connectivity index (χ0v) is 13.4. The van der Waals surface area contributed by atoms with Crippen LogP contribution >= 0.6 is 15.9 Å². The Kier molecular flexibility index (Phi) is 3.13. The molecule has 1 atom stereocenters. The van der Waals surface area contributed by atoms with Crippen molar-refractivity contribution in [1.82, 2.24) is 14.8 Å². The van der Waals surface area contributed by atoms with Gasteiger partial charge in [0, 0.05) is 48.3 Å². The van der Waals surface area contributed by atoms with Crippen LogP contribution in [0.3, 0.4) is 0 Å². The van der Waals surface area contributed by atoms with Crippen molar-refractivity contribution in [3.63, 3.8) is 0 Å². The third-order valence-corrected chi connectivity index (χ3v) is 5.10. The number of hydrogen-bond acceptors (Lipinski definition) is 2. The zero-order chi connectivity index (χ0) is 13.7. The van der Waals surface area contributed by atoms with E-state index in [9.17, 15) is 0 Å². The topological polar surface area (TPSA) is 20.2 Å². The van der Waals surface area contributed by atoms with Crippen LogP contribution in [0.2, 0.25) is 0 Å². The molecule has 3 nitrogen and oxygen atoms in total. The van der Waals surface area contributed by atoms with Crippen molar-refractivity contribution in [2.75, 3.05) is 26.7 Å². The highest BCUT2D eigenvalue weighted by atomic mass is 79.9. The lowest BCUT2D eigenvalue weighted by molar-refractivity contribution is 0.241. The number of aromatic nitrogens is 1. The molecule has 4 heteroatoms. The van der Waals surface area contributed by atoms with E-state index >= 15 is 0 Å². The number of rotatable bonds is 1. The molecule has 0 bridgehead atoms. The molecule has 1 fully saturated rings.